The fourth-order valence-electron chi connectivity index (χ4n) is 2.53. The molecule has 2 unspecified atom stereocenters. The molecule has 2 N–H and O–H groups in total. The highest BCUT2D eigenvalue weighted by Crippen LogP contribution is 2.27. The molecule has 1 fully saturated rings. The Morgan fingerprint density at radius 3 is 2.91 bits per heavy atom. The van der Waals surface area contributed by atoms with E-state index in [0.29, 0.717) is 12.5 Å². The molecule has 4 nitrogen and oxygen atoms in total. The average molecular weight is 342 g/mol. The van der Waals surface area contributed by atoms with Crippen LogP contribution in [0.1, 0.15) is 58.3 Å². The first-order valence-electron chi connectivity index (χ1n) is 8.76. The van der Waals surface area contributed by atoms with E-state index in [1.165, 1.54) is 12.8 Å². The van der Waals surface area contributed by atoms with Crippen LogP contribution in [-0.4, -0.2) is 44.9 Å². The van der Waals surface area contributed by atoms with Crippen LogP contribution in [0.3, 0.4) is 0 Å². The molecule has 0 aliphatic carbocycles. The predicted octanol–water partition coefficient (Wildman–Crippen LogP) is 4.02. The minimum absolute atomic E-state index is 0.240. The zero-order chi connectivity index (χ0) is 16.9. The maximum absolute atomic E-state index is 10.4. The highest BCUT2D eigenvalue weighted by molar-refractivity contribution is 7.97. The second kappa shape index (κ2) is 12.6. The number of carbonyl (C=O) groups is 1. The summed E-state index contributed by atoms with van der Waals surface area (Å²) in [5, 5.41) is 18.6. The molecule has 0 saturated carbocycles. The lowest BCUT2D eigenvalue weighted by atomic mass is 10.1. The van der Waals surface area contributed by atoms with Crippen molar-refractivity contribution in [3.8, 4) is 0 Å². The Bertz CT molecular complexity index is 384. The molecule has 1 saturated heterocycles. The third kappa shape index (κ3) is 9.84. The molecule has 0 bridgehead atoms. The van der Waals surface area contributed by atoms with E-state index in [1.54, 1.807) is 0 Å². The maximum atomic E-state index is 10.4. The van der Waals surface area contributed by atoms with E-state index in [9.17, 15) is 9.90 Å². The van der Waals surface area contributed by atoms with Crippen LogP contribution in [0.2, 0.25) is 0 Å². The largest absolute Gasteiger partial charge is 0.481 e. The number of unbranched alkanes of at least 4 members (excludes halogenated alkanes) is 3. The molecule has 132 valence electrons. The number of nitrogens with zero attached hydrogens (tertiary/aromatic N) is 1. The monoisotopic (exact) mass is 341 g/mol. The lowest BCUT2D eigenvalue weighted by Gasteiger charge is -2.18. The maximum Gasteiger partial charge on any atom is 0.303 e. The van der Waals surface area contributed by atoms with E-state index in [2.05, 4.69) is 29.5 Å². The van der Waals surface area contributed by atoms with Gasteiger partial charge in [-0.3, -0.25) is 4.79 Å². The van der Waals surface area contributed by atoms with Gasteiger partial charge in [-0.25, -0.2) is 4.31 Å². The fourth-order valence-corrected chi connectivity index (χ4v) is 3.67. The molecule has 0 aromatic rings. The summed E-state index contributed by atoms with van der Waals surface area (Å²) in [5.74, 6) is 0.393. The highest BCUT2D eigenvalue weighted by Gasteiger charge is 2.21. The van der Waals surface area contributed by atoms with Gasteiger partial charge in [0.2, 0.25) is 0 Å². The van der Waals surface area contributed by atoms with Gasteiger partial charge >= 0.3 is 5.97 Å². The number of allylic oxidation sites excluding steroid dienone is 1. The minimum atomic E-state index is -0.726. The molecule has 5 heteroatoms. The van der Waals surface area contributed by atoms with Gasteiger partial charge in [0.25, 0.3) is 0 Å². The Kier molecular flexibility index (Phi) is 11.1. The van der Waals surface area contributed by atoms with Gasteiger partial charge in [-0.2, -0.15) is 0 Å². The van der Waals surface area contributed by atoms with Crippen molar-refractivity contribution in [2.24, 2.45) is 0 Å². The molecule has 1 rings (SSSR count). The van der Waals surface area contributed by atoms with Gasteiger partial charge in [0, 0.05) is 24.8 Å². The number of aliphatic hydroxyl groups excluding tert-OH is 1. The second-order valence-electron chi connectivity index (χ2n) is 5.99. The van der Waals surface area contributed by atoms with Crippen LogP contribution in [-0.2, 0) is 4.79 Å². The zero-order valence-electron chi connectivity index (χ0n) is 14.2. The summed E-state index contributed by atoms with van der Waals surface area (Å²) < 4.78 is 2.34. The molecule has 23 heavy (non-hydrogen) atoms. The topological polar surface area (TPSA) is 60.8 Å². The molecule has 1 aliphatic heterocycles. The number of aliphatic hydroxyl groups is 1. The Morgan fingerprint density at radius 2 is 2.17 bits per heavy atom. The molecule has 2 atom stereocenters. The number of carboxylic acids is 1. The quantitative estimate of drug-likeness (QED) is 0.319. The summed E-state index contributed by atoms with van der Waals surface area (Å²) >= 11 is 1.85. The number of aliphatic carboxylic acids is 1. The van der Waals surface area contributed by atoms with Crippen molar-refractivity contribution in [1.29, 1.82) is 0 Å². The van der Waals surface area contributed by atoms with Gasteiger partial charge in [-0.15, -0.1) is 0 Å². The van der Waals surface area contributed by atoms with Crippen LogP contribution in [0.4, 0.5) is 0 Å². The lowest BCUT2D eigenvalue weighted by Crippen LogP contribution is -2.22. The van der Waals surface area contributed by atoms with Crippen molar-refractivity contribution in [3.63, 3.8) is 0 Å². The number of carboxylic acid groups (broad SMARTS) is 1. The van der Waals surface area contributed by atoms with Crippen molar-refractivity contribution in [2.45, 2.75) is 70.4 Å². The number of rotatable bonds is 12. The molecule has 1 heterocycles. The Morgan fingerprint density at radius 1 is 1.35 bits per heavy atom. The first-order chi connectivity index (χ1) is 11.1. The minimum Gasteiger partial charge on any atom is -0.481 e. The molecular weight excluding hydrogens is 310 g/mol. The van der Waals surface area contributed by atoms with E-state index in [1.807, 2.05) is 18.0 Å². The summed E-state index contributed by atoms with van der Waals surface area (Å²) in [6, 6.07) is 0.393. The molecule has 0 radical (unpaired) electrons. The van der Waals surface area contributed by atoms with E-state index >= 15 is 0 Å². The normalized spacial score (nSPS) is 20.7. The smallest absolute Gasteiger partial charge is 0.303 e. The molecular formula is C18H31NO3S. The molecule has 0 spiro atoms. The average Bonchev–Trinajstić information content (AvgIpc) is 2.96. The Balaban J connectivity index is 2.24. The number of hydrogen-bond acceptors (Lipinski definition) is 4. The van der Waals surface area contributed by atoms with Crippen LogP contribution >= 0.6 is 11.9 Å². The Hall–Kier alpha value is -0.780. The van der Waals surface area contributed by atoms with Gasteiger partial charge in [0.1, 0.15) is 0 Å². The Labute approximate surface area is 144 Å². The first-order valence-corrected chi connectivity index (χ1v) is 9.70. The SMILES string of the molecule is CCCCCC(O)/C=C/C1CCSN1C/C=C\CCCC(=O)O. The zero-order valence-corrected chi connectivity index (χ0v) is 15.0. The van der Waals surface area contributed by atoms with Crippen LogP contribution in [0.25, 0.3) is 0 Å². The molecule has 0 aromatic carbocycles. The number of hydrogen-bond donors (Lipinski definition) is 2. The summed E-state index contributed by atoms with van der Waals surface area (Å²) in [6.45, 7) is 3.05. The van der Waals surface area contributed by atoms with E-state index < -0.39 is 5.97 Å². The van der Waals surface area contributed by atoms with Crippen LogP contribution in [0, 0.1) is 0 Å². The van der Waals surface area contributed by atoms with E-state index in [-0.39, 0.29) is 12.5 Å². The first kappa shape index (κ1) is 20.3. The summed E-state index contributed by atoms with van der Waals surface area (Å²) in [7, 11) is 0. The summed E-state index contributed by atoms with van der Waals surface area (Å²) in [6.07, 6.45) is 15.2. The molecule has 1 aliphatic rings. The predicted molar refractivity (Wildman–Crippen MR) is 97.5 cm³/mol. The molecule has 0 aromatic heterocycles. The van der Waals surface area contributed by atoms with Crippen molar-refractivity contribution >= 4 is 17.9 Å². The van der Waals surface area contributed by atoms with Gasteiger partial charge < -0.3 is 10.2 Å². The van der Waals surface area contributed by atoms with Crippen LogP contribution in [0.15, 0.2) is 24.3 Å². The van der Waals surface area contributed by atoms with E-state index in [0.717, 1.165) is 38.0 Å². The fraction of sp³-hybridized carbons (Fsp3) is 0.722. The standard InChI is InChI=1S/C18H31NO3S/c1-2-3-6-9-17(20)12-11-16-13-15-23-19(16)14-8-5-4-7-10-18(21)22/h5,8,11-12,16-17,20H,2-4,6-7,9-10,13-15H2,1H3,(H,21,22)/b8-5-,12-11+. The lowest BCUT2D eigenvalue weighted by molar-refractivity contribution is -0.137. The third-order valence-corrected chi connectivity index (χ3v) is 5.08. The van der Waals surface area contributed by atoms with Crippen molar-refractivity contribution in [3.05, 3.63) is 24.3 Å². The highest BCUT2D eigenvalue weighted by atomic mass is 32.2. The van der Waals surface area contributed by atoms with Crippen molar-refractivity contribution in [2.75, 3.05) is 12.3 Å². The van der Waals surface area contributed by atoms with Crippen LogP contribution < -0.4 is 0 Å². The van der Waals surface area contributed by atoms with Gasteiger partial charge in [-0.05, 0) is 25.7 Å². The van der Waals surface area contributed by atoms with E-state index in [4.69, 9.17) is 5.11 Å². The molecule has 0 amide bonds. The van der Waals surface area contributed by atoms with Crippen molar-refractivity contribution < 1.29 is 15.0 Å². The van der Waals surface area contributed by atoms with Gasteiger partial charge in [-0.1, -0.05) is 62.4 Å². The third-order valence-electron chi connectivity index (χ3n) is 3.91. The van der Waals surface area contributed by atoms with Gasteiger partial charge in [0.15, 0.2) is 0 Å². The summed E-state index contributed by atoms with van der Waals surface area (Å²) in [4.78, 5) is 10.4. The second-order valence-corrected chi connectivity index (χ2v) is 7.13. The van der Waals surface area contributed by atoms with Crippen LogP contribution in [0.5, 0.6) is 0 Å². The van der Waals surface area contributed by atoms with Gasteiger partial charge in [0.05, 0.1) is 6.10 Å². The summed E-state index contributed by atoms with van der Waals surface area (Å²) in [5.41, 5.74) is 0. The van der Waals surface area contributed by atoms with Crippen molar-refractivity contribution in [1.82, 2.24) is 4.31 Å².